The summed E-state index contributed by atoms with van der Waals surface area (Å²) in [5, 5.41) is 10.7. The van der Waals surface area contributed by atoms with Crippen LogP contribution in [0.5, 0.6) is 11.5 Å². The van der Waals surface area contributed by atoms with Crippen LogP contribution in [-0.4, -0.2) is 23.3 Å². The molecule has 0 fully saturated rings. The highest BCUT2D eigenvalue weighted by atomic mass is 35.5. The molecular weight excluding hydrogens is 535 g/mol. The molecule has 39 heavy (non-hydrogen) atoms. The summed E-state index contributed by atoms with van der Waals surface area (Å²) in [5.41, 5.74) is 3.83. The molecule has 0 N–H and O–H groups in total. The largest absolute Gasteiger partial charge is 0.490 e. The van der Waals surface area contributed by atoms with E-state index in [-0.39, 0.29) is 24.3 Å². The van der Waals surface area contributed by atoms with Crippen molar-refractivity contribution in [3.63, 3.8) is 0 Å². The number of hydrogen-bond acceptors (Lipinski definition) is 5. The van der Waals surface area contributed by atoms with Gasteiger partial charge >= 0.3 is 0 Å². The van der Waals surface area contributed by atoms with Gasteiger partial charge in [-0.25, -0.2) is 0 Å². The van der Waals surface area contributed by atoms with Crippen molar-refractivity contribution < 1.29 is 19.1 Å². The number of ether oxygens (including phenoxy) is 2. The lowest BCUT2D eigenvalue weighted by atomic mass is 9.93. The zero-order chi connectivity index (χ0) is 28.1. The average Bonchev–Trinajstić information content (AvgIpc) is 2.91. The van der Waals surface area contributed by atoms with E-state index in [1.807, 2.05) is 44.2 Å². The zero-order valence-electron chi connectivity index (χ0n) is 21.8. The first kappa shape index (κ1) is 28.0. The highest BCUT2D eigenvalue weighted by molar-refractivity contribution is 6.35. The standard InChI is InChI=1S/C31H26Cl2N2O4/c1-4-38-29-14-22(9-12-28(29)39-18-23-10-11-24(32)15-27(23)33)13-25-20(3)26(16-34)31(37)35(30(25)36)17-21-7-5-19(2)6-8-21/h5-15H,4,17-18H2,1-3H3/b25-13+. The summed E-state index contributed by atoms with van der Waals surface area (Å²) >= 11 is 12.3. The van der Waals surface area contributed by atoms with Crippen LogP contribution in [0.15, 0.2) is 77.4 Å². The predicted molar refractivity (Wildman–Crippen MR) is 151 cm³/mol. The molecule has 0 atom stereocenters. The van der Waals surface area contributed by atoms with Crippen LogP contribution in [0.4, 0.5) is 0 Å². The van der Waals surface area contributed by atoms with Crippen LogP contribution in [-0.2, 0) is 22.7 Å². The van der Waals surface area contributed by atoms with Crippen LogP contribution in [0.3, 0.4) is 0 Å². The molecule has 198 valence electrons. The van der Waals surface area contributed by atoms with Crippen molar-refractivity contribution in [3.8, 4) is 17.6 Å². The number of amides is 2. The van der Waals surface area contributed by atoms with Crippen LogP contribution in [0.1, 0.15) is 36.1 Å². The van der Waals surface area contributed by atoms with Crippen LogP contribution in [0, 0.1) is 18.3 Å². The van der Waals surface area contributed by atoms with Gasteiger partial charge in [0.2, 0.25) is 0 Å². The Morgan fingerprint density at radius 1 is 0.923 bits per heavy atom. The van der Waals surface area contributed by atoms with Gasteiger partial charge in [0.05, 0.1) is 13.2 Å². The van der Waals surface area contributed by atoms with Gasteiger partial charge in [-0.2, -0.15) is 5.26 Å². The van der Waals surface area contributed by atoms with E-state index in [0.29, 0.717) is 39.3 Å². The molecule has 1 aliphatic rings. The van der Waals surface area contributed by atoms with Gasteiger partial charge in [-0.1, -0.05) is 65.2 Å². The second-order valence-electron chi connectivity index (χ2n) is 9.02. The molecule has 1 aliphatic heterocycles. The maximum atomic E-state index is 13.5. The molecule has 0 aliphatic carbocycles. The van der Waals surface area contributed by atoms with Gasteiger partial charge in [0, 0.05) is 21.2 Å². The molecule has 0 spiro atoms. The van der Waals surface area contributed by atoms with Crippen molar-refractivity contribution in [2.75, 3.05) is 6.61 Å². The second-order valence-corrected chi connectivity index (χ2v) is 9.86. The maximum absolute atomic E-state index is 13.5. The number of benzene rings is 3. The molecule has 0 aromatic heterocycles. The van der Waals surface area contributed by atoms with Gasteiger partial charge in [0.1, 0.15) is 18.2 Å². The lowest BCUT2D eigenvalue weighted by molar-refractivity contribution is -0.141. The summed E-state index contributed by atoms with van der Waals surface area (Å²) < 4.78 is 11.8. The summed E-state index contributed by atoms with van der Waals surface area (Å²) in [4.78, 5) is 27.6. The first-order chi connectivity index (χ1) is 18.7. The molecular formula is C31H26Cl2N2O4. The van der Waals surface area contributed by atoms with Crippen molar-refractivity contribution >= 4 is 41.1 Å². The maximum Gasteiger partial charge on any atom is 0.271 e. The fourth-order valence-electron chi connectivity index (χ4n) is 4.11. The summed E-state index contributed by atoms with van der Waals surface area (Å²) in [7, 11) is 0. The topological polar surface area (TPSA) is 79.6 Å². The number of imide groups is 1. The molecule has 2 amide bonds. The van der Waals surface area contributed by atoms with Gasteiger partial charge in [0.15, 0.2) is 11.5 Å². The normalized spacial score (nSPS) is 14.6. The van der Waals surface area contributed by atoms with Crippen LogP contribution in [0.25, 0.3) is 6.08 Å². The van der Waals surface area contributed by atoms with Crippen molar-refractivity contribution in [1.29, 1.82) is 5.26 Å². The molecule has 0 saturated heterocycles. The van der Waals surface area contributed by atoms with Crippen molar-refractivity contribution in [3.05, 3.63) is 110 Å². The number of nitrogens with zero attached hydrogens (tertiary/aromatic N) is 2. The van der Waals surface area contributed by atoms with Gasteiger partial charge in [-0.3, -0.25) is 14.5 Å². The third-order valence-electron chi connectivity index (χ3n) is 6.26. The Bertz CT molecular complexity index is 1540. The SMILES string of the molecule is CCOc1cc(/C=C2/C(=O)N(Cc3ccc(C)cc3)C(=O)C(C#N)=C2C)ccc1OCc1ccc(Cl)cc1Cl. The van der Waals surface area contributed by atoms with E-state index in [1.165, 1.54) is 0 Å². The zero-order valence-corrected chi connectivity index (χ0v) is 23.3. The van der Waals surface area contributed by atoms with Gasteiger partial charge in [-0.05, 0) is 67.8 Å². The van der Waals surface area contributed by atoms with E-state index < -0.39 is 11.8 Å². The molecule has 3 aromatic rings. The Balaban J connectivity index is 1.65. The molecule has 6 nitrogen and oxygen atoms in total. The first-order valence-corrected chi connectivity index (χ1v) is 13.1. The van der Waals surface area contributed by atoms with E-state index in [9.17, 15) is 14.9 Å². The Morgan fingerprint density at radius 2 is 1.67 bits per heavy atom. The van der Waals surface area contributed by atoms with E-state index in [1.54, 1.807) is 49.4 Å². The monoisotopic (exact) mass is 560 g/mol. The Morgan fingerprint density at radius 3 is 2.33 bits per heavy atom. The summed E-state index contributed by atoms with van der Waals surface area (Å²) in [6.07, 6.45) is 1.66. The van der Waals surface area contributed by atoms with E-state index in [0.717, 1.165) is 21.6 Å². The quantitative estimate of drug-likeness (QED) is 0.217. The van der Waals surface area contributed by atoms with E-state index >= 15 is 0 Å². The molecule has 3 aromatic carbocycles. The number of carbonyl (C=O) groups is 2. The van der Waals surface area contributed by atoms with Crippen molar-refractivity contribution in [2.45, 2.75) is 33.9 Å². The van der Waals surface area contributed by atoms with Crippen LogP contribution >= 0.6 is 23.2 Å². The molecule has 1 heterocycles. The second kappa shape index (κ2) is 12.2. The Kier molecular flexibility index (Phi) is 8.75. The predicted octanol–water partition coefficient (Wildman–Crippen LogP) is 7.07. The number of nitriles is 1. The number of hydrogen-bond donors (Lipinski definition) is 0. The highest BCUT2D eigenvalue weighted by Gasteiger charge is 2.35. The first-order valence-electron chi connectivity index (χ1n) is 12.3. The van der Waals surface area contributed by atoms with Gasteiger partial charge in [0.25, 0.3) is 11.8 Å². The third kappa shape index (κ3) is 6.34. The fourth-order valence-corrected chi connectivity index (χ4v) is 4.58. The molecule has 0 radical (unpaired) electrons. The minimum absolute atomic E-state index is 0.0576. The Labute approximate surface area is 237 Å². The highest BCUT2D eigenvalue weighted by Crippen LogP contribution is 2.33. The lowest BCUT2D eigenvalue weighted by Crippen LogP contribution is -2.42. The number of carbonyl (C=O) groups excluding carboxylic acids is 2. The third-order valence-corrected chi connectivity index (χ3v) is 6.85. The molecule has 4 rings (SSSR count). The lowest BCUT2D eigenvalue weighted by Gasteiger charge is -2.27. The Hall–Kier alpha value is -4.05. The molecule has 0 saturated carbocycles. The summed E-state index contributed by atoms with van der Waals surface area (Å²) in [6, 6.07) is 20.0. The summed E-state index contributed by atoms with van der Waals surface area (Å²) in [6.45, 7) is 6.10. The van der Waals surface area contributed by atoms with E-state index in [2.05, 4.69) is 0 Å². The smallest absolute Gasteiger partial charge is 0.271 e. The molecule has 0 bridgehead atoms. The molecule has 0 unspecified atom stereocenters. The number of halogens is 2. The minimum atomic E-state index is -0.600. The minimum Gasteiger partial charge on any atom is -0.490 e. The van der Waals surface area contributed by atoms with Crippen molar-refractivity contribution in [2.24, 2.45) is 0 Å². The van der Waals surface area contributed by atoms with Crippen LogP contribution < -0.4 is 9.47 Å². The number of rotatable bonds is 8. The average molecular weight is 561 g/mol. The van der Waals surface area contributed by atoms with Crippen LogP contribution in [0.2, 0.25) is 10.0 Å². The molecule has 8 heteroatoms. The van der Waals surface area contributed by atoms with E-state index in [4.69, 9.17) is 32.7 Å². The number of aryl methyl sites for hydroxylation is 1. The van der Waals surface area contributed by atoms with Gasteiger partial charge < -0.3 is 9.47 Å². The van der Waals surface area contributed by atoms with Gasteiger partial charge in [-0.15, -0.1) is 0 Å². The van der Waals surface area contributed by atoms with Crippen molar-refractivity contribution in [1.82, 2.24) is 4.90 Å². The summed E-state index contributed by atoms with van der Waals surface area (Å²) in [5.74, 6) is -0.0823. The fraction of sp³-hybridized carbons (Fsp3) is 0.194.